The van der Waals surface area contributed by atoms with Gasteiger partial charge in [-0.25, -0.2) is 14.2 Å². The Morgan fingerprint density at radius 1 is 1.11 bits per heavy atom. The van der Waals surface area contributed by atoms with E-state index in [0.717, 1.165) is 11.1 Å². The van der Waals surface area contributed by atoms with Crippen LogP contribution in [0.25, 0.3) is 21.3 Å². The van der Waals surface area contributed by atoms with E-state index in [1.165, 1.54) is 29.5 Å². The molecule has 0 aliphatic carbocycles. The second-order valence-corrected chi connectivity index (χ2v) is 6.62. The highest BCUT2D eigenvalue weighted by Gasteiger charge is 2.15. The predicted octanol–water partition coefficient (Wildman–Crippen LogP) is 4.15. The van der Waals surface area contributed by atoms with Gasteiger partial charge in [0.2, 0.25) is 0 Å². The van der Waals surface area contributed by atoms with Crippen molar-refractivity contribution in [2.24, 2.45) is 0 Å². The summed E-state index contributed by atoms with van der Waals surface area (Å²) < 4.78 is 18.7. The van der Waals surface area contributed by atoms with Crippen LogP contribution in [0.3, 0.4) is 0 Å². The first kappa shape index (κ1) is 17.1. The molecule has 1 N–H and O–H groups in total. The molecular weight excluding hydrogens is 367 g/mol. The molecule has 5 nitrogen and oxygen atoms in total. The Morgan fingerprint density at radius 2 is 1.85 bits per heavy atom. The van der Waals surface area contributed by atoms with Gasteiger partial charge >= 0.3 is 5.97 Å². The zero-order chi connectivity index (χ0) is 18.8. The summed E-state index contributed by atoms with van der Waals surface area (Å²) in [6.45, 7) is -0.253. The molecule has 0 amide bonds. The van der Waals surface area contributed by atoms with Crippen LogP contribution in [0.2, 0.25) is 0 Å². The maximum Gasteiger partial charge on any atom is 0.341 e. The van der Waals surface area contributed by atoms with E-state index in [0.29, 0.717) is 10.2 Å². The lowest BCUT2D eigenvalue weighted by Gasteiger charge is -2.05. The van der Waals surface area contributed by atoms with Crippen molar-refractivity contribution in [3.63, 3.8) is 0 Å². The van der Waals surface area contributed by atoms with E-state index in [1.807, 2.05) is 35.7 Å². The molecule has 27 heavy (non-hydrogen) atoms. The summed E-state index contributed by atoms with van der Waals surface area (Å²) in [5, 5.41) is 2.37. The summed E-state index contributed by atoms with van der Waals surface area (Å²) in [4.78, 5) is 32.1. The van der Waals surface area contributed by atoms with Gasteiger partial charge in [0.05, 0.1) is 10.9 Å². The minimum absolute atomic E-state index is 0.164. The zero-order valence-electron chi connectivity index (χ0n) is 13.9. The Balaban J connectivity index is 1.60. The van der Waals surface area contributed by atoms with E-state index in [2.05, 4.69) is 9.97 Å². The van der Waals surface area contributed by atoms with Crippen molar-refractivity contribution in [2.75, 3.05) is 0 Å². The number of thiophene rings is 1. The molecule has 0 aliphatic rings. The molecule has 0 saturated carbocycles. The molecule has 0 aliphatic heterocycles. The number of hydrogen-bond donors (Lipinski definition) is 1. The van der Waals surface area contributed by atoms with E-state index in [9.17, 15) is 14.0 Å². The highest BCUT2D eigenvalue weighted by atomic mass is 32.1. The van der Waals surface area contributed by atoms with Gasteiger partial charge in [0.1, 0.15) is 23.1 Å². The van der Waals surface area contributed by atoms with E-state index in [4.69, 9.17) is 4.74 Å². The van der Waals surface area contributed by atoms with Crippen LogP contribution in [0.1, 0.15) is 16.2 Å². The number of rotatable bonds is 4. The Kier molecular flexibility index (Phi) is 4.52. The summed E-state index contributed by atoms with van der Waals surface area (Å²) in [5.41, 5.74) is 1.26. The van der Waals surface area contributed by atoms with Crippen LogP contribution in [0.15, 0.2) is 64.8 Å². The van der Waals surface area contributed by atoms with E-state index < -0.39 is 11.8 Å². The van der Waals surface area contributed by atoms with Crippen molar-refractivity contribution in [1.29, 1.82) is 0 Å². The maximum atomic E-state index is 13.6. The summed E-state index contributed by atoms with van der Waals surface area (Å²) in [6, 6.07) is 15.1. The van der Waals surface area contributed by atoms with Crippen molar-refractivity contribution in [1.82, 2.24) is 9.97 Å². The monoisotopic (exact) mass is 380 g/mol. The summed E-state index contributed by atoms with van der Waals surface area (Å²) in [6.07, 6.45) is 0. The first-order chi connectivity index (χ1) is 13.1. The molecule has 0 spiro atoms. The molecule has 2 heterocycles. The van der Waals surface area contributed by atoms with Gasteiger partial charge < -0.3 is 9.72 Å². The number of carbonyl (C=O) groups excluding carboxylic acids is 1. The van der Waals surface area contributed by atoms with Gasteiger partial charge in [0.25, 0.3) is 5.56 Å². The van der Waals surface area contributed by atoms with E-state index >= 15 is 0 Å². The minimum atomic E-state index is -0.813. The van der Waals surface area contributed by atoms with Crippen LogP contribution in [-0.2, 0) is 11.3 Å². The number of nitrogens with zero attached hydrogens (tertiary/aromatic N) is 1. The molecule has 0 radical (unpaired) electrons. The van der Waals surface area contributed by atoms with Crippen molar-refractivity contribution in [3.05, 3.63) is 87.5 Å². The van der Waals surface area contributed by atoms with Gasteiger partial charge in [-0.15, -0.1) is 11.3 Å². The van der Waals surface area contributed by atoms with Crippen LogP contribution in [0, 0.1) is 5.82 Å². The number of halogens is 1. The quantitative estimate of drug-likeness (QED) is 0.540. The third-order valence-electron chi connectivity index (χ3n) is 4.01. The van der Waals surface area contributed by atoms with Gasteiger partial charge in [-0.05, 0) is 17.7 Å². The topological polar surface area (TPSA) is 72.0 Å². The molecule has 2 aromatic heterocycles. The van der Waals surface area contributed by atoms with Crippen molar-refractivity contribution < 1.29 is 13.9 Å². The van der Waals surface area contributed by atoms with Gasteiger partial charge in [-0.3, -0.25) is 4.79 Å². The number of esters is 1. The van der Waals surface area contributed by atoms with E-state index in [1.54, 1.807) is 6.07 Å². The Labute approximate surface area is 157 Å². The van der Waals surface area contributed by atoms with Crippen LogP contribution in [-0.4, -0.2) is 15.9 Å². The number of ether oxygens (including phenoxy) is 1. The number of aromatic amines is 1. The smallest absolute Gasteiger partial charge is 0.341 e. The maximum absolute atomic E-state index is 13.6. The molecule has 7 heteroatoms. The van der Waals surface area contributed by atoms with Gasteiger partial charge in [0.15, 0.2) is 0 Å². The third-order valence-corrected chi connectivity index (χ3v) is 4.88. The van der Waals surface area contributed by atoms with Crippen molar-refractivity contribution >= 4 is 27.5 Å². The molecule has 0 unspecified atom stereocenters. The average Bonchev–Trinajstić information content (AvgIpc) is 3.12. The highest BCUT2D eigenvalue weighted by molar-refractivity contribution is 7.17. The number of fused-ring (bicyclic) bond motifs is 1. The summed E-state index contributed by atoms with van der Waals surface area (Å²) in [7, 11) is 0. The fourth-order valence-corrected chi connectivity index (χ4v) is 3.70. The van der Waals surface area contributed by atoms with Crippen LogP contribution >= 0.6 is 11.3 Å². The lowest BCUT2D eigenvalue weighted by molar-refractivity contribution is 0.0457. The average molecular weight is 380 g/mol. The Morgan fingerprint density at radius 3 is 2.63 bits per heavy atom. The molecular formula is C20H13FN2O3S. The lowest BCUT2D eigenvalue weighted by Crippen LogP contribution is -2.14. The number of nitrogens with one attached hydrogen (secondary N) is 1. The second-order valence-electron chi connectivity index (χ2n) is 5.76. The molecule has 134 valence electrons. The fourth-order valence-electron chi connectivity index (χ4n) is 2.73. The SMILES string of the molecule is O=C(OCc1nc2scc(-c3ccccc3)c2c(=O)[nH]1)c1ccccc1F. The largest absolute Gasteiger partial charge is 0.454 e. The number of aromatic nitrogens is 2. The lowest BCUT2D eigenvalue weighted by atomic mass is 10.1. The highest BCUT2D eigenvalue weighted by Crippen LogP contribution is 2.30. The van der Waals surface area contributed by atoms with Crippen LogP contribution in [0.5, 0.6) is 0 Å². The molecule has 0 atom stereocenters. The molecule has 2 aromatic carbocycles. The Bertz CT molecular complexity index is 1180. The number of hydrogen-bond acceptors (Lipinski definition) is 5. The number of H-pyrrole nitrogens is 1. The molecule has 4 rings (SSSR count). The zero-order valence-corrected chi connectivity index (χ0v) is 14.8. The fraction of sp³-hybridized carbons (Fsp3) is 0.0500. The second kappa shape index (κ2) is 7.13. The third kappa shape index (κ3) is 3.37. The molecule has 0 saturated heterocycles. The number of carbonyl (C=O) groups is 1. The molecule has 4 aromatic rings. The van der Waals surface area contributed by atoms with Gasteiger partial charge in [-0.2, -0.15) is 0 Å². The van der Waals surface area contributed by atoms with E-state index in [-0.39, 0.29) is 23.6 Å². The van der Waals surface area contributed by atoms with Crippen molar-refractivity contribution in [2.45, 2.75) is 6.61 Å². The first-order valence-corrected chi connectivity index (χ1v) is 8.99. The van der Waals surface area contributed by atoms with Crippen LogP contribution in [0.4, 0.5) is 4.39 Å². The normalized spacial score (nSPS) is 10.9. The predicted molar refractivity (Wildman–Crippen MR) is 101 cm³/mol. The van der Waals surface area contributed by atoms with Gasteiger partial charge in [-0.1, -0.05) is 42.5 Å². The minimum Gasteiger partial charge on any atom is -0.454 e. The van der Waals surface area contributed by atoms with Crippen molar-refractivity contribution in [3.8, 4) is 11.1 Å². The first-order valence-electron chi connectivity index (χ1n) is 8.11. The standard InChI is InChI=1S/C20H13FN2O3S/c21-15-9-5-4-8-13(15)20(25)26-10-16-22-18(24)17-14(11-27-19(17)23-16)12-6-2-1-3-7-12/h1-9,11H,10H2,(H,22,23,24). The molecule has 0 bridgehead atoms. The van der Waals surface area contributed by atoms with Gasteiger partial charge in [0, 0.05) is 10.9 Å². The summed E-state index contributed by atoms with van der Waals surface area (Å²) in [5.74, 6) is -1.27. The Hall–Kier alpha value is -3.32. The molecule has 0 fully saturated rings. The number of benzene rings is 2. The van der Waals surface area contributed by atoms with Crippen LogP contribution < -0.4 is 5.56 Å². The summed E-state index contributed by atoms with van der Waals surface area (Å²) >= 11 is 1.34.